The first kappa shape index (κ1) is 45.1. The molecule has 5 amide bonds. The lowest BCUT2D eigenvalue weighted by Gasteiger charge is -2.28. The Kier molecular flexibility index (Phi) is 20.1. The summed E-state index contributed by atoms with van der Waals surface area (Å²) in [5, 5.41) is 33.5. The quantitative estimate of drug-likeness (QED) is 0.103. The number of aliphatic hydroxyl groups excluding tert-OH is 2. The molecule has 7 N–H and O–H groups in total. The molecule has 14 heteroatoms. The van der Waals surface area contributed by atoms with Gasteiger partial charge in [-0.25, -0.2) is 4.79 Å². The van der Waals surface area contributed by atoms with Crippen LogP contribution in [0.15, 0.2) is 30.3 Å². The lowest BCUT2D eigenvalue weighted by molar-refractivity contribution is -0.156. The van der Waals surface area contributed by atoms with E-state index in [2.05, 4.69) is 33.5 Å². The lowest BCUT2D eigenvalue weighted by atomic mass is 10.0. The molecule has 1 saturated heterocycles. The van der Waals surface area contributed by atoms with E-state index in [9.17, 15) is 39.0 Å². The summed E-state index contributed by atoms with van der Waals surface area (Å²) in [6.07, 6.45) is 5.10. The highest BCUT2D eigenvalue weighted by atomic mass is 16.5. The van der Waals surface area contributed by atoms with Crippen LogP contribution in [0.5, 0.6) is 0 Å². The van der Waals surface area contributed by atoms with Crippen LogP contribution in [0.25, 0.3) is 0 Å². The Labute approximate surface area is 314 Å². The maximum Gasteiger partial charge on any atom is 0.329 e. The molecule has 2 rings (SSSR count). The maximum atomic E-state index is 13.9. The average Bonchev–Trinajstić information content (AvgIpc) is 3.09. The Morgan fingerprint density at radius 1 is 0.698 bits per heavy atom. The van der Waals surface area contributed by atoms with Gasteiger partial charge in [-0.3, -0.25) is 24.0 Å². The van der Waals surface area contributed by atoms with Gasteiger partial charge in [0.1, 0.15) is 36.3 Å². The van der Waals surface area contributed by atoms with Crippen LogP contribution in [0.1, 0.15) is 111 Å². The molecule has 1 aromatic carbocycles. The summed E-state index contributed by atoms with van der Waals surface area (Å²) in [5.74, 6) is -5.11. The summed E-state index contributed by atoms with van der Waals surface area (Å²) in [4.78, 5) is 81.6. The maximum absolute atomic E-state index is 13.9. The van der Waals surface area contributed by atoms with Crippen molar-refractivity contribution in [3.63, 3.8) is 0 Å². The van der Waals surface area contributed by atoms with Gasteiger partial charge in [0.25, 0.3) is 0 Å². The van der Waals surface area contributed by atoms with Crippen molar-refractivity contribution < 1.29 is 43.7 Å². The third kappa shape index (κ3) is 16.2. The van der Waals surface area contributed by atoms with Gasteiger partial charge in [0.05, 0.1) is 19.1 Å². The smallest absolute Gasteiger partial charge is 0.329 e. The fourth-order valence-corrected chi connectivity index (χ4v) is 6.13. The van der Waals surface area contributed by atoms with E-state index >= 15 is 0 Å². The van der Waals surface area contributed by atoms with E-state index in [1.165, 1.54) is 6.92 Å². The summed E-state index contributed by atoms with van der Waals surface area (Å²) in [6, 6.07) is 2.23. The monoisotopic (exact) mass is 745 g/mol. The number of carbonyl (C=O) groups excluding carboxylic acids is 6. The predicted octanol–water partition coefficient (Wildman–Crippen LogP) is 2.18. The molecule has 1 aromatic rings. The van der Waals surface area contributed by atoms with Crippen molar-refractivity contribution in [3.05, 3.63) is 35.9 Å². The van der Waals surface area contributed by atoms with Crippen molar-refractivity contribution >= 4 is 35.5 Å². The lowest BCUT2D eigenvalue weighted by Crippen LogP contribution is -2.62. The summed E-state index contributed by atoms with van der Waals surface area (Å²) in [5.41, 5.74) is 0.687. The molecule has 14 nitrogen and oxygen atoms in total. The van der Waals surface area contributed by atoms with Gasteiger partial charge < -0.3 is 41.5 Å². The molecule has 1 fully saturated rings. The van der Waals surface area contributed by atoms with Crippen molar-refractivity contribution in [1.29, 1.82) is 0 Å². The first-order chi connectivity index (χ1) is 25.2. The van der Waals surface area contributed by atoms with E-state index in [1.54, 1.807) is 44.2 Å². The standard InChI is InChI=1S/C39H63N5O9/c1-7-8-9-10-11-12-16-19-28-22-32(47)40-29(20-24(2)3)35(48)42-31(23-45)37(50)44-34(26(6)46)38(51)41-30(21-27-17-14-13-15-18-27)36(49)43-33(25(4)5)39(52)53-28/h13-15,17-18,24-26,28-31,33-34,45-46H,7-12,16,19-23H2,1-6H3,(H,40,47)(H,41,51)(H,42,48)(H,43,49)(H,44,50). The first-order valence-corrected chi connectivity index (χ1v) is 19.2. The Morgan fingerprint density at radius 2 is 1.26 bits per heavy atom. The first-order valence-electron chi connectivity index (χ1n) is 19.2. The summed E-state index contributed by atoms with van der Waals surface area (Å²) < 4.78 is 5.95. The highest BCUT2D eigenvalue weighted by Gasteiger charge is 2.36. The number of ether oxygens (including phenoxy) is 1. The topological polar surface area (TPSA) is 212 Å². The van der Waals surface area contributed by atoms with Crippen molar-refractivity contribution in [1.82, 2.24) is 26.6 Å². The predicted molar refractivity (Wildman–Crippen MR) is 200 cm³/mol. The number of carbonyl (C=O) groups is 6. The molecule has 1 heterocycles. The van der Waals surface area contributed by atoms with E-state index in [1.807, 2.05) is 13.8 Å². The van der Waals surface area contributed by atoms with Crippen LogP contribution in [-0.4, -0.2) is 94.7 Å². The molecule has 7 atom stereocenters. The van der Waals surface area contributed by atoms with Crippen LogP contribution in [0, 0.1) is 11.8 Å². The van der Waals surface area contributed by atoms with Crippen LogP contribution in [0.4, 0.5) is 0 Å². The molecule has 7 unspecified atom stereocenters. The van der Waals surface area contributed by atoms with Crippen molar-refractivity contribution in [2.45, 2.75) is 155 Å². The second-order valence-electron chi connectivity index (χ2n) is 14.9. The minimum Gasteiger partial charge on any atom is -0.460 e. The number of hydrogen-bond donors (Lipinski definition) is 7. The molecule has 0 radical (unpaired) electrons. The zero-order valence-electron chi connectivity index (χ0n) is 32.3. The van der Waals surface area contributed by atoms with Crippen molar-refractivity contribution in [2.24, 2.45) is 11.8 Å². The molecular weight excluding hydrogens is 682 g/mol. The van der Waals surface area contributed by atoms with Gasteiger partial charge in [-0.2, -0.15) is 0 Å². The summed E-state index contributed by atoms with van der Waals surface area (Å²) in [6.45, 7) is 9.74. The molecule has 0 saturated carbocycles. The zero-order chi connectivity index (χ0) is 39.5. The second kappa shape index (κ2) is 23.6. The Bertz CT molecular complexity index is 1320. The molecule has 53 heavy (non-hydrogen) atoms. The van der Waals surface area contributed by atoms with E-state index in [0.29, 0.717) is 18.4 Å². The Hall–Kier alpha value is -4.04. The Morgan fingerprint density at radius 3 is 1.85 bits per heavy atom. The zero-order valence-corrected chi connectivity index (χ0v) is 32.3. The molecule has 1 aliphatic rings. The number of cyclic esters (lactones) is 1. The summed E-state index contributed by atoms with van der Waals surface area (Å²) >= 11 is 0. The minimum absolute atomic E-state index is 0.00632. The van der Waals surface area contributed by atoms with Crippen LogP contribution >= 0.6 is 0 Å². The minimum atomic E-state index is -1.59. The highest BCUT2D eigenvalue weighted by molar-refractivity contribution is 5.96. The number of rotatable bonds is 15. The molecule has 0 aromatic heterocycles. The molecule has 298 valence electrons. The van der Waals surface area contributed by atoms with Gasteiger partial charge >= 0.3 is 5.97 Å². The van der Waals surface area contributed by atoms with Gasteiger partial charge in [0.15, 0.2) is 0 Å². The second-order valence-corrected chi connectivity index (χ2v) is 14.9. The van der Waals surface area contributed by atoms with E-state index in [0.717, 1.165) is 38.5 Å². The van der Waals surface area contributed by atoms with Gasteiger partial charge in [0, 0.05) is 6.42 Å². The van der Waals surface area contributed by atoms with Crippen molar-refractivity contribution in [2.75, 3.05) is 6.61 Å². The SMILES string of the molecule is CCCCCCCCCC1CC(=O)NC(CC(C)C)C(=O)NC(CO)C(=O)NC(C(C)O)C(=O)NC(Cc2ccccc2)C(=O)NC(C(C)C)C(=O)O1. The van der Waals surface area contributed by atoms with E-state index in [-0.39, 0.29) is 25.2 Å². The molecular formula is C39H63N5O9. The van der Waals surface area contributed by atoms with E-state index < -0.39 is 90.4 Å². The molecule has 0 bridgehead atoms. The fraction of sp³-hybridized carbons (Fsp3) is 0.692. The number of benzene rings is 1. The third-order valence-electron chi connectivity index (χ3n) is 9.20. The van der Waals surface area contributed by atoms with Crippen LogP contribution in [0.3, 0.4) is 0 Å². The van der Waals surface area contributed by atoms with Gasteiger partial charge in [-0.05, 0) is 43.6 Å². The van der Waals surface area contributed by atoms with Crippen LogP contribution < -0.4 is 26.6 Å². The number of esters is 1. The average molecular weight is 746 g/mol. The fourth-order valence-electron chi connectivity index (χ4n) is 6.13. The molecule has 0 spiro atoms. The number of nitrogens with one attached hydrogen (secondary N) is 5. The van der Waals surface area contributed by atoms with Crippen LogP contribution in [-0.2, 0) is 39.9 Å². The Balaban J connectivity index is 2.53. The van der Waals surface area contributed by atoms with Gasteiger partial charge in [-0.15, -0.1) is 0 Å². The molecule has 1 aliphatic heterocycles. The number of hydrogen-bond acceptors (Lipinski definition) is 9. The van der Waals surface area contributed by atoms with Gasteiger partial charge in [0.2, 0.25) is 29.5 Å². The summed E-state index contributed by atoms with van der Waals surface area (Å²) in [7, 11) is 0. The molecule has 0 aliphatic carbocycles. The van der Waals surface area contributed by atoms with E-state index in [4.69, 9.17) is 4.74 Å². The van der Waals surface area contributed by atoms with Crippen molar-refractivity contribution in [3.8, 4) is 0 Å². The highest BCUT2D eigenvalue weighted by Crippen LogP contribution is 2.17. The van der Waals surface area contributed by atoms with Gasteiger partial charge in [-0.1, -0.05) is 103 Å². The third-order valence-corrected chi connectivity index (χ3v) is 9.20. The number of aliphatic hydroxyl groups is 2. The van der Waals surface area contributed by atoms with Crippen LogP contribution in [0.2, 0.25) is 0 Å². The number of unbranched alkanes of at least 4 members (excludes halogenated alkanes) is 6. The largest absolute Gasteiger partial charge is 0.460 e. The normalized spacial score (nSPS) is 24.9. The number of amides is 5.